The highest BCUT2D eigenvalue weighted by Gasteiger charge is 2.23. The van der Waals surface area contributed by atoms with Crippen molar-refractivity contribution in [2.24, 2.45) is 0 Å². The Morgan fingerprint density at radius 3 is 2.70 bits per heavy atom. The van der Waals surface area contributed by atoms with E-state index in [-0.39, 0.29) is 18.0 Å². The molecule has 1 rings (SSSR count). The normalized spacial score (nSPS) is 12.0. The van der Waals surface area contributed by atoms with Gasteiger partial charge in [0.15, 0.2) is 0 Å². The monoisotopic (exact) mass is 305 g/mol. The van der Waals surface area contributed by atoms with Crippen molar-refractivity contribution in [3.8, 4) is 0 Å². The second kappa shape index (κ2) is 7.72. The van der Waals surface area contributed by atoms with Crippen LogP contribution in [0.15, 0.2) is 4.90 Å². The molecule has 0 aliphatic carbocycles. The standard InChI is InChI=1S/C12H23N3O4S/c1-4-19-9-6-13-20(17,18)12-10(2)14-15(11(12)3)7-5-8-16/h13,16H,4-9H2,1-3H3. The lowest BCUT2D eigenvalue weighted by molar-refractivity contribution is 0.153. The summed E-state index contributed by atoms with van der Waals surface area (Å²) in [5.74, 6) is 0. The minimum atomic E-state index is -3.58. The van der Waals surface area contributed by atoms with Crippen LogP contribution in [0.25, 0.3) is 0 Å². The number of nitrogens with zero attached hydrogens (tertiary/aromatic N) is 2. The molecule has 0 radical (unpaired) electrons. The zero-order valence-corrected chi connectivity index (χ0v) is 13.0. The lowest BCUT2D eigenvalue weighted by Gasteiger charge is -2.08. The first-order valence-electron chi connectivity index (χ1n) is 6.66. The molecule has 0 aliphatic rings. The number of aryl methyl sites for hydroxylation is 2. The molecule has 20 heavy (non-hydrogen) atoms. The Morgan fingerprint density at radius 2 is 2.10 bits per heavy atom. The number of hydrogen-bond acceptors (Lipinski definition) is 5. The summed E-state index contributed by atoms with van der Waals surface area (Å²) in [5, 5.41) is 13.0. The summed E-state index contributed by atoms with van der Waals surface area (Å²) in [6.07, 6.45) is 0.541. The van der Waals surface area contributed by atoms with Crippen LogP contribution in [0.2, 0.25) is 0 Å². The van der Waals surface area contributed by atoms with Gasteiger partial charge in [-0.25, -0.2) is 13.1 Å². The molecule has 8 heteroatoms. The Kier molecular flexibility index (Phi) is 6.60. The van der Waals surface area contributed by atoms with Gasteiger partial charge in [0.25, 0.3) is 0 Å². The van der Waals surface area contributed by atoms with Gasteiger partial charge in [0.05, 0.1) is 18.0 Å². The van der Waals surface area contributed by atoms with E-state index in [1.807, 2.05) is 6.92 Å². The third kappa shape index (κ3) is 4.27. The van der Waals surface area contributed by atoms with Gasteiger partial charge in [0.2, 0.25) is 10.0 Å². The third-order valence-corrected chi connectivity index (χ3v) is 4.57. The van der Waals surface area contributed by atoms with Crippen LogP contribution < -0.4 is 4.72 Å². The molecule has 0 aliphatic heterocycles. The van der Waals surface area contributed by atoms with Gasteiger partial charge < -0.3 is 9.84 Å². The van der Waals surface area contributed by atoms with Crippen LogP contribution in [0.1, 0.15) is 24.7 Å². The Hall–Kier alpha value is -0.960. The van der Waals surface area contributed by atoms with Gasteiger partial charge in [-0.05, 0) is 27.2 Å². The largest absolute Gasteiger partial charge is 0.396 e. The van der Waals surface area contributed by atoms with E-state index >= 15 is 0 Å². The van der Waals surface area contributed by atoms with Gasteiger partial charge in [0, 0.05) is 26.3 Å². The third-order valence-electron chi connectivity index (χ3n) is 2.85. The summed E-state index contributed by atoms with van der Waals surface area (Å²) in [5.41, 5.74) is 1.05. The first-order chi connectivity index (χ1) is 9.44. The molecule has 1 heterocycles. The van der Waals surface area contributed by atoms with Crippen molar-refractivity contribution < 1.29 is 18.3 Å². The molecule has 1 aromatic rings. The first kappa shape index (κ1) is 17.1. The zero-order chi connectivity index (χ0) is 15.2. The molecule has 2 N–H and O–H groups in total. The summed E-state index contributed by atoms with van der Waals surface area (Å²) in [4.78, 5) is 0.215. The highest BCUT2D eigenvalue weighted by Crippen LogP contribution is 2.19. The average molecular weight is 305 g/mol. The van der Waals surface area contributed by atoms with Crippen LogP contribution in [0.3, 0.4) is 0 Å². The fourth-order valence-corrected chi connectivity index (χ4v) is 3.39. The fraction of sp³-hybridized carbons (Fsp3) is 0.750. The molecule has 0 unspecified atom stereocenters. The summed E-state index contributed by atoms with van der Waals surface area (Å²) >= 11 is 0. The van der Waals surface area contributed by atoms with Crippen LogP contribution >= 0.6 is 0 Å². The predicted octanol–water partition coefficient (Wildman–Crippen LogP) is 0.197. The zero-order valence-electron chi connectivity index (χ0n) is 12.2. The molecule has 7 nitrogen and oxygen atoms in total. The van der Waals surface area contributed by atoms with Crippen LogP contribution in [0.4, 0.5) is 0 Å². The van der Waals surface area contributed by atoms with E-state index in [4.69, 9.17) is 9.84 Å². The summed E-state index contributed by atoms with van der Waals surface area (Å²) in [6.45, 7) is 6.91. The molecular formula is C12H23N3O4S. The van der Waals surface area contributed by atoms with Gasteiger partial charge >= 0.3 is 0 Å². The molecule has 0 fully saturated rings. The highest BCUT2D eigenvalue weighted by atomic mass is 32.2. The van der Waals surface area contributed by atoms with Crippen molar-refractivity contribution >= 4 is 10.0 Å². The van der Waals surface area contributed by atoms with Crippen molar-refractivity contribution in [1.82, 2.24) is 14.5 Å². The Balaban J connectivity index is 2.86. The number of sulfonamides is 1. The van der Waals surface area contributed by atoms with Gasteiger partial charge in [-0.3, -0.25) is 4.68 Å². The van der Waals surface area contributed by atoms with Crippen LogP contribution in [0, 0.1) is 13.8 Å². The van der Waals surface area contributed by atoms with E-state index in [2.05, 4.69) is 9.82 Å². The van der Waals surface area contributed by atoms with Crippen molar-refractivity contribution in [3.63, 3.8) is 0 Å². The number of nitrogens with one attached hydrogen (secondary N) is 1. The van der Waals surface area contributed by atoms with Crippen molar-refractivity contribution in [3.05, 3.63) is 11.4 Å². The van der Waals surface area contributed by atoms with Crippen LogP contribution in [-0.2, 0) is 21.3 Å². The number of ether oxygens (including phenoxy) is 1. The molecule has 0 spiro atoms. The van der Waals surface area contributed by atoms with Gasteiger partial charge in [-0.15, -0.1) is 0 Å². The molecule has 0 amide bonds. The second-order valence-electron chi connectivity index (χ2n) is 4.39. The Labute approximate surface area is 120 Å². The molecule has 0 bridgehead atoms. The van der Waals surface area contributed by atoms with Gasteiger partial charge in [-0.1, -0.05) is 0 Å². The number of aromatic nitrogens is 2. The van der Waals surface area contributed by atoms with Crippen molar-refractivity contribution in [1.29, 1.82) is 0 Å². The van der Waals surface area contributed by atoms with Crippen LogP contribution in [0.5, 0.6) is 0 Å². The van der Waals surface area contributed by atoms with Crippen LogP contribution in [-0.4, -0.2) is 49.7 Å². The quantitative estimate of drug-likeness (QED) is 0.636. The fourth-order valence-electron chi connectivity index (χ4n) is 1.97. The molecule has 0 aromatic carbocycles. The second-order valence-corrected chi connectivity index (χ2v) is 6.10. The van der Waals surface area contributed by atoms with E-state index in [1.54, 1.807) is 18.5 Å². The van der Waals surface area contributed by atoms with E-state index in [1.165, 1.54) is 0 Å². The molecule has 0 saturated carbocycles. The maximum absolute atomic E-state index is 12.3. The van der Waals surface area contributed by atoms with Crippen molar-refractivity contribution in [2.75, 3.05) is 26.4 Å². The smallest absolute Gasteiger partial charge is 0.244 e. The van der Waals surface area contributed by atoms with E-state index in [0.717, 1.165) is 0 Å². The molecular weight excluding hydrogens is 282 g/mol. The first-order valence-corrected chi connectivity index (χ1v) is 8.14. The van der Waals surface area contributed by atoms with Gasteiger partial charge in [0.1, 0.15) is 4.90 Å². The molecule has 1 aromatic heterocycles. The predicted molar refractivity (Wildman–Crippen MR) is 75.1 cm³/mol. The topological polar surface area (TPSA) is 93.5 Å². The number of aliphatic hydroxyl groups excluding tert-OH is 1. The maximum atomic E-state index is 12.3. The lowest BCUT2D eigenvalue weighted by atomic mass is 10.4. The summed E-state index contributed by atoms with van der Waals surface area (Å²) in [6, 6.07) is 0. The molecule has 116 valence electrons. The molecule has 0 atom stereocenters. The SMILES string of the molecule is CCOCCNS(=O)(=O)c1c(C)nn(CCCO)c1C. The number of aliphatic hydroxyl groups is 1. The number of rotatable bonds is 9. The van der Waals surface area contributed by atoms with E-state index in [0.29, 0.717) is 37.6 Å². The minimum Gasteiger partial charge on any atom is -0.396 e. The Morgan fingerprint density at radius 1 is 1.40 bits per heavy atom. The minimum absolute atomic E-state index is 0.0486. The molecule has 0 saturated heterocycles. The highest BCUT2D eigenvalue weighted by molar-refractivity contribution is 7.89. The van der Waals surface area contributed by atoms with E-state index < -0.39 is 10.0 Å². The Bertz CT molecular complexity index is 525. The maximum Gasteiger partial charge on any atom is 0.244 e. The lowest BCUT2D eigenvalue weighted by Crippen LogP contribution is -2.28. The average Bonchev–Trinajstić information content (AvgIpc) is 2.67. The van der Waals surface area contributed by atoms with E-state index in [9.17, 15) is 8.42 Å². The van der Waals surface area contributed by atoms with Gasteiger partial charge in [-0.2, -0.15) is 5.10 Å². The number of hydrogen-bond donors (Lipinski definition) is 2. The summed E-state index contributed by atoms with van der Waals surface area (Å²) < 4.78 is 33.7. The summed E-state index contributed by atoms with van der Waals surface area (Å²) in [7, 11) is -3.58. The van der Waals surface area contributed by atoms with Crippen molar-refractivity contribution in [2.45, 2.75) is 38.6 Å².